The van der Waals surface area contributed by atoms with Gasteiger partial charge in [-0.25, -0.2) is 9.29 Å². The predicted molar refractivity (Wildman–Crippen MR) is 81.0 cm³/mol. The van der Waals surface area contributed by atoms with Gasteiger partial charge >= 0.3 is 0 Å². The van der Waals surface area contributed by atoms with Crippen LogP contribution in [0.25, 0.3) is 0 Å². The summed E-state index contributed by atoms with van der Waals surface area (Å²) in [6.45, 7) is 6.57. The Hall–Kier alpha value is -1.79. The zero-order valence-electron chi connectivity index (χ0n) is 12.7. The average molecular weight is 305 g/mol. The van der Waals surface area contributed by atoms with Crippen molar-refractivity contribution in [3.05, 3.63) is 30.1 Å². The maximum absolute atomic E-state index is 13.0. The van der Waals surface area contributed by atoms with Crippen molar-refractivity contribution in [2.75, 3.05) is 37.6 Å². The van der Waals surface area contributed by atoms with Gasteiger partial charge in [-0.3, -0.25) is 14.5 Å². The molecular formula is C16H20FN3O2. The largest absolute Gasteiger partial charge is 0.301 e. The smallest absolute Gasteiger partial charge is 0.251 e. The number of carbonyl (C=O) groups is 2. The van der Waals surface area contributed by atoms with E-state index in [1.807, 2.05) is 0 Å². The topological polar surface area (TPSA) is 43.9 Å². The van der Waals surface area contributed by atoms with Crippen LogP contribution in [-0.2, 0) is 9.59 Å². The van der Waals surface area contributed by atoms with E-state index in [0.717, 1.165) is 32.7 Å². The maximum Gasteiger partial charge on any atom is 0.251 e. The van der Waals surface area contributed by atoms with Gasteiger partial charge in [0.25, 0.3) is 5.91 Å². The third kappa shape index (κ3) is 2.76. The molecule has 1 aromatic rings. The number of piperazine rings is 1. The van der Waals surface area contributed by atoms with E-state index in [9.17, 15) is 14.0 Å². The summed E-state index contributed by atoms with van der Waals surface area (Å²) in [7, 11) is 0. The molecule has 2 saturated heterocycles. The van der Waals surface area contributed by atoms with Crippen molar-refractivity contribution in [2.24, 2.45) is 0 Å². The Morgan fingerprint density at radius 3 is 2.32 bits per heavy atom. The maximum atomic E-state index is 13.0. The van der Waals surface area contributed by atoms with Gasteiger partial charge in [-0.05, 0) is 30.8 Å². The van der Waals surface area contributed by atoms with E-state index in [2.05, 4.69) is 16.7 Å². The van der Waals surface area contributed by atoms with Crippen LogP contribution in [0.15, 0.2) is 24.3 Å². The first-order valence-electron chi connectivity index (χ1n) is 7.69. The second-order valence-corrected chi connectivity index (χ2v) is 5.73. The molecule has 22 heavy (non-hydrogen) atoms. The van der Waals surface area contributed by atoms with E-state index in [1.54, 1.807) is 0 Å². The number of carbonyl (C=O) groups excluding carboxylic acids is 2. The van der Waals surface area contributed by atoms with Crippen LogP contribution in [-0.4, -0.2) is 60.4 Å². The summed E-state index contributed by atoms with van der Waals surface area (Å²) in [4.78, 5) is 30.4. The minimum absolute atomic E-state index is 0.193. The molecule has 0 spiro atoms. The van der Waals surface area contributed by atoms with Crippen LogP contribution in [0.1, 0.15) is 13.3 Å². The van der Waals surface area contributed by atoms with E-state index >= 15 is 0 Å². The van der Waals surface area contributed by atoms with Crippen LogP contribution in [0.3, 0.4) is 0 Å². The molecule has 1 unspecified atom stereocenters. The monoisotopic (exact) mass is 305 g/mol. The first-order chi connectivity index (χ1) is 10.6. The van der Waals surface area contributed by atoms with E-state index in [-0.39, 0.29) is 30.1 Å². The first-order valence-corrected chi connectivity index (χ1v) is 7.69. The van der Waals surface area contributed by atoms with Gasteiger partial charge in [-0.15, -0.1) is 0 Å². The highest BCUT2D eigenvalue weighted by Gasteiger charge is 2.43. The number of hydrogen-bond donors (Lipinski definition) is 0. The standard InChI is InChI=1S/C16H20FN3O2/c1-2-18-7-9-19(10-8-18)14-11-15(21)20(16(14)22)13-5-3-12(17)4-6-13/h3-6,14H,2,7-11H2,1H3. The van der Waals surface area contributed by atoms with Gasteiger partial charge in [0.1, 0.15) is 5.82 Å². The molecule has 0 aliphatic carbocycles. The Morgan fingerprint density at radius 1 is 1.09 bits per heavy atom. The third-order valence-electron chi connectivity index (χ3n) is 4.50. The first kappa shape index (κ1) is 15.1. The molecule has 5 nitrogen and oxygen atoms in total. The highest BCUT2D eigenvalue weighted by Crippen LogP contribution is 2.26. The average Bonchev–Trinajstić information content (AvgIpc) is 2.83. The SMILES string of the molecule is CCN1CCN(C2CC(=O)N(c3ccc(F)cc3)C2=O)CC1. The quantitative estimate of drug-likeness (QED) is 0.784. The molecule has 0 aromatic heterocycles. The molecule has 0 radical (unpaired) electrons. The number of nitrogens with zero attached hydrogens (tertiary/aromatic N) is 3. The van der Waals surface area contributed by atoms with Crippen molar-refractivity contribution in [3.63, 3.8) is 0 Å². The number of anilines is 1. The molecular weight excluding hydrogens is 285 g/mol. The lowest BCUT2D eigenvalue weighted by Gasteiger charge is -2.36. The van der Waals surface area contributed by atoms with Crippen LogP contribution in [0.2, 0.25) is 0 Å². The van der Waals surface area contributed by atoms with Crippen molar-refractivity contribution in [1.82, 2.24) is 9.80 Å². The number of benzene rings is 1. The fraction of sp³-hybridized carbons (Fsp3) is 0.500. The van der Waals surface area contributed by atoms with Crippen molar-refractivity contribution in [2.45, 2.75) is 19.4 Å². The summed E-state index contributed by atoms with van der Waals surface area (Å²) in [5, 5.41) is 0. The second-order valence-electron chi connectivity index (χ2n) is 5.73. The molecule has 3 rings (SSSR count). The third-order valence-corrected chi connectivity index (χ3v) is 4.50. The predicted octanol–water partition coefficient (Wildman–Crippen LogP) is 1.10. The Bertz CT molecular complexity index is 567. The minimum Gasteiger partial charge on any atom is -0.301 e. The number of rotatable bonds is 3. The van der Waals surface area contributed by atoms with Gasteiger partial charge in [-0.2, -0.15) is 0 Å². The number of halogens is 1. The molecule has 6 heteroatoms. The molecule has 0 bridgehead atoms. The van der Waals surface area contributed by atoms with Gasteiger partial charge in [0.05, 0.1) is 18.2 Å². The molecule has 0 saturated carbocycles. The highest BCUT2D eigenvalue weighted by atomic mass is 19.1. The zero-order chi connectivity index (χ0) is 15.7. The van der Waals surface area contributed by atoms with Crippen LogP contribution in [0.5, 0.6) is 0 Å². The Morgan fingerprint density at radius 2 is 1.73 bits per heavy atom. The number of amides is 2. The minimum atomic E-state index is -0.380. The van der Waals surface area contributed by atoms with Crippen molar-refractivity contribution in [1.29, 1.82) is 0 Å². The van der Waals surface area contributed by atoms with Gasteiger partial charge in [0.15, 0.2) is 0 Å². The molecule has 118 valence electrons. The molecule has 1 aromatic carbocycles. The Labute approximate surface area is 129 Å². The second kappa shape index (κ2) is 6.14. The molecule has 1 atom stereocenters. The van der Waals surface area contributed by atoms with E-state index < -0.39 is 0 Å². The highest BCUT2D eigenvalue weighted by molar-refractivity contribution is 6.22. The number of imide groups is 1. The molecule has 2 amide bonds. The fourth-order valence-corrected chi connectivity index (χ4v) is 3.15. The summed E-state index contributed by atoms with van der Waals surface area (Å²) in [6.07, 6.45) is 0.211. The van der Waals surface area contributed by atoms with E-state index in [4.69, 9.17) is 0 Å². The van der Waals surface area contributed by atoms with E-state index in [0.29, 0.717) is 5.69 Å². The lowest BCUT2D eigenvalue weighted by molar-refractivity contribution is -0.123. The summed E-state index contributed by atoms with van der Waals surface area (Å²) in [5.74, 6) is -0.781. The zero-order valence-corrected chi connectivity index (χ0v) is 12.7. The van der Waals surface area contributed by atoms with Crippen LogP contribution < -0.4 is 4.90 Å². The molecule has 0 N–H and O–H groups in total. The van der Waals surface area contributed by atoms with Crippen molar-refractivity contribution < 1.29 is 14.0 Å². The van der Waals surface area contributed by atoms with E-state index in [1.165, 1.54) is 29.2 Å². The van der Waals surface area contributed by atoms with Gasteiger partial charge < -0.3 is 4.90 Å². The van der Waals surface area contributed by atoms with Crippen molar-refractivity contribution in [3.8, 4) is 0 Å². The van der Waals surface area contributed by atoms with Gasteiger partial charge in [0.2, 0.25) is 5.91 Å². The van der Waals surface area contributed by atoms with Gasteiger partial charge in [-0.1, -0.05) is 6.92 Å². The van der Waals surface area contributed by atoms with Crippen LogP contribution in [0, 0.1) is 5.82 Å². The summed E-state index contributed by atoms with van der Waals surface area (Å²) in [6, 6.07) is 5.11. The Kier molecular flexibility index (Phi) is 4.22. The molecule has 2 heterocycles. The number of likely N-dealkylation sites (N-methyl/N-ethyl adjacent to an activating group) is 1. The fourth-order valence-electron chi connectivity index (χ4n) is 3.15. The van der Waals surface area contributed by atoms with Crippen LogP contribution in [0.4, 0.5) is 10.1 Å². The van der Waals surface area contributed by atoms with Gasteiger partial charge in [0, 0.05) is 26.2 Å². The lowest BCUT2D eigenvalue weighted by atomic mass is 10.1. The summed E-state index contributed by atoms with van der Waals surface area (Å²) in [5.41, 5.74) is 0.450. The molecule has 2 fully saturated rings. The normalized spacial score (nSPS) is 24.3. The number of hydrogen-bond acceptors (Lipinski definition) is 4. The summed E-state index contributed by atoms with van der Waals surface area (Å²) >= 11 is 0. The molecule has 2 aliphatic rings. The molecule has 2 aliphatic heterocycles. The lowest BCUT2D eigenvalue weighted by Crippen LogP contribution is -2.52. The van der Waals surface area contributed by atoms with Crippen LogP contribution >= 0.6 is 0 Å². The Balaban J connectivity index is 1.73. The summed E-state index contributed by atoms with van der Waals surface area (Å²) < 4.78 is 13.0. The van der Waals surface area contributed by atoms with Crippen molar-refractivity contribution >= 4 is 17.5 Å².